The molecule has 19 heavy (non-hydrogen) atoms. The SMILES string of the molecule is CCCCC(CC)CC(CN)(CCC)C(=O)OCC. The van der Waals surface area contributed by atoms with Gasteiger partial charge in [0.05, 0.1) is 12.0 Å². The first-order valence-corrected chi connectivity index (χ1v) is 7.97. The third kappa shape index (κ3) is 5.94. The highest BCUT2D eigenvalue weighted by Gasteiger charge is 2.39. The van der Waals surface area contributed by atoms with Gasteiger partial charge >= 0.3 is 5.97 Å². The topological polar surface area (TPSA) is 52.3 Å². The molecule has 2 N–H and O–H groups in total. The number of hydrogen-bond donors (Lipinski definition) is 1. The van der Waals surface area contributed by atoms with Gasteiger partial charge in [-0.15, -0.1) is 0 Å². The fraction of sp³-hybridized carbons (Fsp3) is 0.938. The van der Waals surface area contributed by atoms with Gasteiger partial charge in [-0.1, -0.05) is 52.9 Å². The number of carbonyl (C=O) groups excluding carboxylic acids is 1. The minimum absolute atomic E-state index is 0.0886. The molecule has 2 unspecified atom stereocenters. The third-order valence-electron chi connectivity index (χ3n) is 4.05. The maximum absolute atomic E-state index is 12.3. The smallest absolute Gasteiger partial charge is 0.313 e. The van der Waals surface area contributed by atoms with Gasteiger partial charge in [0.25, 0.3) is 0 Å². The molecule has 0 aromatic rings. The second-order valence-electron chi connectivity index (χ2n) is 5.58. The Bertz CT molecular complexity index is 243. The zero-order valence-corrected chi connectivity index (χ0v) is 13.3. The molecule has 0 radical (unpaired) electrons. The van der Waals surface area contributed by atoms with Crippen molar-refractivity contribution in [1.82, 2.24) is 0 Å². The molecule has 0 heterocycles. The molecule has 0 aromatic heterocycles. The number of carbonyl (C=O) groups is 1. The summed E-state index contributed by atoms with van der Waals surface area (Å²) >= 11 is 0. The van der Waals surface area contributed by atoms with Gasteiger partial charge in [0.1, 0.15) is 0 Å². The fourth-order valence-corrected chi connectivity index (χ4v) is 2.81. The van der Waals surface area contributed by atoms with Crippen LogP contribution in [0.2, 0.25) is 0 Å². The molecule has 0 bridgehead atoms. The van der Waals surface area contributed by atoms with Crippen LogP contribution < -0.4 is 5.73 Å². The molecule has 2 atom stereocenters. The van der Waals surface area contributed by atoms with Gasteiger partial charge in [0, 0.05) is 6.54 Å². The molecule has 0 amide bonds. The lowest BCUT2D eigenvalue weighted by atomic mass is 9.74. The zero-order valence-electron chi connectivity index (χ0n) is 13.3. The van der Waals surface area contributed by atoms with Crippen molar-refractivity contribution in [3.63, 3.8) is 0 Å². The van der Waals surface area contributed by atoms with E-state index >= 15 is 0 Å². The standard InChI is InChI=1S/C16H33NO2/c1-5-9-10-14(7-3)12-16(13-17,11-6-2)15(18)19-8-4/h14H,5-13,17H2,1-4H3. The number of hydrogen-bond acceptors (Lipinski definition) is 3. The number of rotatable bonds is 11. The van der Waals surface area contributed by atoms with Crippen LogP contribution in [0.4, 0.5) is 0 Å². The van der Waals surface area contributed by atoms with Gasteiger partial charge in [-0.05, 0) is 25.7 Å². The van der Waals surface area contributed by atoms with E-state index in [9.17, 15) is 4.79 Å². The van der Waals surface area contributed by atoms with Crippen LogP contribution >= 0.6 is 0 Å². The first-order valence-electron chi connectivity index (χ1n) is 7.97. The Kier molecular flexibility index (Phi) is 9.94. The molecule has 0 saturated heterocycles. The lowest BCUT2D eigenvalue weighted by Crippen LogP contribution is -2.41. The van der Waals surface area contributed by atoms with Crippen molar-refractivity contribution >= 4 is 5.97 Å². The van der Waals surface area contributed by atoms with Crippen LogP contribution in [0.5, 0.6) is 0 Å². The second kappa shape index (κ2) is 10.2. The average molecular weight is 271 g/mol. The maximum Gasteiger partial charge on any atom is 0.313 e. The number of esters is 1. The van der Waals surface area contributed by atoms with Crippen LogP contribution in [0.1, 0.15) is 72.6 Å². The van der Waals surface area contributed by atoms with Gasteiger partial charge in [-0.3, -0.25) is 4.79 Å². The average Bonchev–Trinajstić information content (AvgIpc) is 2.42. The zero-order chi connectivity index (χ0) is 14.7. The van der Waals surface area contributed by atoms with Crippen LogP contribution in [0.15, 0.2) is 0 Å². The van der Waals surface area contributed by atoms with E-state index in [4.69, 9.17) is 10.5 Å². The van der Waals surface area contributed by atoms with Gasteiger partial charge in [-0.25, -0.2) is 0 Å². The third-order valence-corrected chi connectivity index (χ3v) is 4.05. The van der Waals surface area contributed by atoms with Crippen molar-refractivity contribution in [3.8, 4) is 0 Å². The van der Waals surface area contributed by atoms with Gasteiger partial charge in [0.15, 0.2) is 0 Å². The van der Waals surface area contributed by atoms with E-state index in [1.807, 2.05) is 6.92 Å². The quantitative estimate of drug-likeness (QED) is 0.580. The van der Waals surface area contributed by atoms with Gasteiger partial charge < -0.3 is 10.5 Å². The summed E-state index contributed by atoms with van der Waals surface area (Å²) in [5.41, 5.74) is 5.50. The lowest BCUT2D eigenvalue weighted by molar-refractivity contribution is -0.156. The summed E-state index contributed by atoms with van der Waals surface area (Å²) in [7, 11) is 0. The largest absolute Gasteiger partial charge is 0.466 e. The molecule has 114 valence electrons. The molecule has 0 spiro atoms. The predicted octanol–water partition coefficient (Wildman–Crippen LogP) is 3.90. The van der Waals surface area contributed by atoms with E-state index in [-0.39, 0.29) is 5.97 Å². The van der Waals surface area contributed by atoms with Gasteiger partial charge in [-0.2, -0.15) is 0 Å². The Morgan fingerprint density at radius 2 is 1.89 bits per heavy atom. The highest BCUT2D eigenvalue weighted by atomic mass is 16.5. The van der Waals surface area contributed by atoms with Crippen LogP contribution in [0, 0.1) is 11.3 Å². The monoisotopic (exact) mass is 271 g/mol. The van der Waals surface area contributed by atoms with E-state index in [1.165, 1.54) is 19.3 Å². The summed E-state index contributed by atoms with van der Waals surface area (Å²) in [6.07, 6.45) is 7.44. The minimum Gasteiger partial charge on any atom is -0.466 e. The summed E-state index contributed by atoms with van der Waals surface area (Å²) in [5, 5.41) is 0. The molecule has 0 saturated carbocycles. The Morgan fingerprint density at radius 3 is 2.32 bits per heavy atom. The molecule has 0 aromatic carbocycles. The lowest BCUT2D eigenvalue weighted by Gasteiger charge is -2.33. The normalized spacial score (nSPS) is 15.8. The Hall–Kier alpha value is -0.570. The summed E-state index contributed by atoms with van der Waals surface area (Å²) < 4.78 is 5.28. The molecular weight excluding hydrogens is 238 g/mol. The molecule has 3 heteroatoms. The molecular formula is C16H33NO2. The van der Waals surface area contributed by atoms with Crippen molar-refractivity contribution in [2.75, 3.05) is 13.2 Å². The van der Waals surface area contributed by atoms with E-state index in [0.29, 0.717) is 19.1 Å². The number of unbranched alkanes of at least 4 members (excludes halogenated alkanes) is 1. The van der Waals surface area contributed by atoms with Crippen LogP contribution in [0.25, 0.3) is 0 Å². The number of ether oxygens (including phenoxy) is 1. The first-order chi connectivity index (χ1) is 9.10. The first kappa shape index (κ1) is 18.4. The fourth-order valence-electron chi connectivity index (χ4n) is 2.81. The van der Waals surface area contributed by atoms with Gasteiger partial charge in [0.2, 0.25) is 0 Å². The van der Waals surface area contributed by atoms with Crippen LogP contribution in [-0.2, 0) is 9.53 Å². The summed E-state index contributed by atoms with van der Waals surface area (Å²) in [4.78, 5) is 12.3. The molecule has 0 aliphatic heterocycles. The minimum atomic E-state index is -0.459. The molecule has 0 rings (SSSR count). The maximum atomic E-state index is 12.3. The Balaban J connectivity index is 4.84. The molecule has 3 nitrogen and oxygen atoms in total. The molecule has 0 aliphatic rings. The highest BCUT2D eigenvalue weighted by molar-refractivity contribution is 5.77. The second-order valence-corrected chi connectivity index (χ2v) is 5.58. The van der Waals surface area contributed by atoms with E-state index < -0.39 is 5.41 Å². The van der Waals surface area contributed by atoms with Crippen LogP contribution in [-0.4, -0.2) is 19.1 Å². The van der Waals surface area contributed by atoms with Crippen molar-refractivity contribution in [2.24, 2.45) is 17.1 Å². The van der Waals surface area contributed by atoms with Crippen molar-refractivity contribution in [2.45, 2.75) is 72.6 Å². The highest BCUT2D eigenvalue weighted by Crippen LogP contribution is 2.35. The van der Waals surface area contributed by atoms with Crippen molar-refractivity contribution in [1.29, 1.82) is 0 Å². The Labute approximate surface area is 119 Å². The van der Waals surface area contributed by atoms with Crippen molar-refractivity contribution in [3.05, 3.63) is 0 Å². The van der Waals surface area contributed by atoms with E-state index in [0.717, 1.165) is 25.7 Å². The molecule has 0 fully saturated rings. The Morgan fingerprint density at radius 1 is 1.21 bits per heavy atom. The summed E-state index contributed by atoms with van der Waals surface area (Å²) in [6, 6.07) is 0. The van der Waals surface area contributed by atoms with E-state index in [1.54, 1.807) is 0 Å². The van der Waals surface area contributed by atoms with Crippen molar-refractivity contribution < 1.29 is 9.53 Å². The van der Waals surface area contributed by atoms with Crippen LogP contribution in [0.3, 0.4) is 0 Å². The number of nitrogens with two attached hydrogens (primary N) is 1. The van der Waals surface area contributed by atoms with E-state index in [2.05, 4.69) is 20.8 Å². The summed E-state index contributed by atoms with van der Waals surface area (Å²) in [6.45, 7) is 9.23. The predicted molar refractivity (Wildman–Crippen MR) is 81.0 cm³/mol. The summed E-state index contributed by atoms with van der Waals surface area (Å²) in [5.74, 6) is 0.494. The molecule has 0 aliphatic carbocycles.